The summed E-state index contributed by atoms with van der Waals surface area (Å²) in [6.07, 6.45) is 11.6. The smallest absolute Gasteiger partial charge is 0.322 e. The first-order valence-corrected chi connectivity index (χ1v) is 17.5. The number of carbonyl (C=O) groups is 2. The highest BCUT2D eigenvalue weighted by Crippen LogP contribution is 2.50. The van der Waals surface area contributed by atoms with Crippen LogP contribution < -0.4 is 15.5 Å². The zero-order valence-corrected chi connectivity index (χ0v) is 27.6. The van der Waals surface area contributed by atoms with Crippen LogP contribution in [0.15, 0.2) is 36.4 Å². The Morgan fingerprint density at radius 1 is 0.886 bits per heavy atom. The van der Waals surface area contributed by atoms with Gasteiger partial charge in [-0.1, -0.05) is 49.4 Å². The molecule has 0 aromatic heterocycles. The van der Waals surface area contributed by atoms with Gasteiger partial charge in [0.15, 0.2) is 0 Å². The number of nitrogens with one attached hydrogen (secondary N) is 2. The molecule has 2 heterocycles. The van der Waals surface area contributed by atoms with E-state index in [1.165, 1.54) is 51.4 Å². The number of rotatable bonds is 8. The Morgan fingerprint density at radius 3 is 2.14 bits per heavy atom. The number of nitrogens with zero attached hydrogens (tertiary/aromatic N) is 3. The molecule has 44 heavy (non-hydrogen) atoms. The van der Waals surface area contributed by atoms with Crippen LogP contribution in [0.25, 0.3) is 0 Å². The van der Waals surface area contributed by atoms with E-state index in [0.717, 1.165) is 55.7 Å². The fourth-order valence-electron chi connectivity index (χ4n) is 8.22. The van der Waals surface area contributed by atoms with Crippen molar-refractivity contribution < 1.29 is 9.59 Å². The van der Waals surface area contributed by atoms with Crippen LogP contribution in [-0.2, 0) is 6.54 Å². The summed E-state index contributed by atoms with van der Waals surface area (Å²) in [6, 6.07) is 11.5. The molecule has 2 N–H and O–H groups in total. The lowest BCUT2D eigenvalue weighted by Crippen LogP contribution is -2.50. The maximum absolute atomic E-state index is 13.1. The summed E-state index contributed by atoms with van der Waals surface area (Å²) >= 11 is 13.1. The van der Waals surface area contributed by atoms with E-state index in [9.17, 15) is 9.59 Å². The highest BCUT2D eigenvalue weighted by Gasteiger charge is 2.41. The zero-order chi connectivity index (χ0) is 30.7. The normalized spacial score (nSPS) is 25.6. The standard InChI is InChI=1S/C35H47Cl2N5O2/c1-2-35(21-25-6-5-7-26(18-25)22-35)24-38-33(43)28-8-10-29(11-9-28)41-14-16-42(17-15-41)34(44)39-32-30(36)19-27(20-31(32)37)23-40-12-3-4-13-40/h8-11,19-20,25-26H,2-7,12-18,21-24H2,1H3,(H,38,43)(H,39,44). The summed E-state index contributed by atoms with van der Waals surface area (Å²) < 4.78 is 0. The molecule has 0 spiro atoms. The molecule has 2 atom stereocenters. The van der Waals surface area contributed by atoms with Crippen LogP contribution in [0.4, 0.5) is 16.2 Å². The fourth-order valence-corrected chi connectivity index (χ4v) is 8.85. The summed E-state index contributed by atoms with van der Waals surface area (Å²) in [6.45, 7) is 8.66. The molecule has 7 nitrogen and oxygen atoms in total. The first-order valence-electron chi connectivity index (χ1n) is 16.7. The molecule has 4 fully saturated rings. The predicted molar refractivity (Wildman–Crippen MR) is 180 cm³/mol. The number of benzene rings is 2. The number of amides is 3. The number of hydrogen-bond donors (Lipinski definition) is 2. The molecule has 3 amide bonds. The van der Waals surface area contributed by atoms with Gasteiger partial charge in [-0.3, -0.25) is 9.69 Å². The number of piperazine rings is 1. The average molecular weight is 641 g/mol. The van der Waals surface area contributed by atoms with Gasteiger partial charge in [0.05, 0.1) is 15.7 Å². The first-order chi connectivity index (χ1) is 21.3. The molecule has 2 bridgehead atoms. The Bertz CT molecular complexity index is 1290. The van der Waals surface area contributed by atoms with Crippen molar-refractivity contribution >= 4 is 46.5 Å². The second-order valence-corrected chi connectivity index (χ2v) is 14.5. The van der Waals surface area contributed by atoms with Gasteiger partial charge in [-0.25, -0.2) is 4.79 Å². The maximum Gasteiger partial charge on any atom is 0.322 e. The number of halogens is 2. The molecule has 2 unspecified atom stereocenters. The molecule has 2 aromatic carbocycles. The van der Waals surface area contributed by atoms with Gasteiger partial charge in [-0.05, 0) is 111 Å². The van der Waals surface area contributed by atoms with Crippen LogP contribution in [0.2, 0.25) is 10.0 Å². The Kier molecular flexibility index (Phi) is 9.94. The topological polar surface area (TPSA) is 67.9 Å². The van der Waals surface area contributed by atoms with Crippen molar-refractivity contribution in [2.45, 2.75) is 71.3 Å². The third-order valence-electron chi connectivity index (χ3n) is 10.7. The highest BCUT2D eigenvalue weighted by atomic mass is 35.5. The van der Waals surface area contributed by atoms with Gasteiger partial charge in [0.25, 0.3) is 5.91 Å². The highest BCUT2D eigenvalue weighted by molar-refractivity contribution is 6.39. The summed E-state index contributed by atoms with van der Waals surface area (Å²) in [4.78, 5) is 32.6. The van der Waals surface area contributed by atoms with E-state index in [1.807, 2.05) is 36.4 Å². The van der Waals surface area contributed by atoms with E-state index < -0.39 is 0 Å². The Morgan fingerprint density at radius 2 is 1.52 bits per heavy atom. The Balaban J connectivity index is 0.981. The van der Waals surface area contributed by atoms with Gasteiger partial charge in [0.1, 0.15) is 0 Å². The SMILES string of the molecule is CCC1(CNC(=O)c2ccc(N3CCN(C(=O)Nc4c(Cl)cc(CN5CCCC5)cc4Cl)CC3)cc2)CC2CCCC(C2)C1. The lowest BCUT2D eigenvalue weighted by molar-refractivity contribution is 0.0487. The van der Waals surface area contributed by atoms with E-state index in [-0.39, 0.29) is 17.4 Å². The van der Waals surface area contributed by atoms with Crippen molar-refractivity contribution in [3.05, 3.63) is 57.6 Å². The maximum atomic E-state index is 13.1. The van der Waals surface area contributed by atoms with Crippen molar-refractivity contribution in [3.8, 4) is 0 Å². The largest absolute Gasteiger partial charge is 0.368 e. The van der Waals surface area contributed by atoms with E-state index in [0.29, 0.717) is 47.5 Å². The molecule has 4 aliphatic rings. The molecule has 2 aromatic rings. The van der Waals surface area contributed by atoms with Crippen LogP contribution in [0.1, 0.15) is 80.6 Å². The van der Waals surface area contributed by atoms with E-state index in [4.69, 9.17) is 23.2 Å². The van der Waals surface area contributed by atoms with Crippen molar-refractivity contribution in [3.63, 3.8) is 0 Å². The molecule has 6 rings (SSSR count). The van der Waals surface area contributed by atoms with Gasteiger partial charge in [0, 0.05) is 50.5 Å². The third kappa shape index (κ3) is 7.32. The second kappa shape index (κ2) is 13.9. The molecular formula is C35H47Cl2N5O2. The number of anilines is 2. The lowest BCUT2D eigenvalue weighted by Gasteiger charge is -2.47. The lowest BCUT2D eigenvalue weighted by atomic mass is 9.60. The van der Waals surface area contributed by atoms with Crippen LogP contribution in [-0.4, -0.2) is 67.6 Å². The van der Waals surface area contributed by atoms with Crippen LogP contribution in [0.3, 0.4) is 0 Å². The molecular weight excluding hydrogens is 593 g/mol. The van der Waals surface area contributed by atoms with Gasteiger partial charge in [-0.15, -0.1) is 0 Å². The van der Waals surface area contributed by atoms with E-state index in [2.05, 4.69) is 27.4 Å². The number of fused-ring (bicyclic) bond motifs is 2. The quantitative estimate of drug-likeness (QED) is 0.311. The van der Waals surface area contributed by atoms with E-state index in [1.54, 1.807) is 4.90 Å². The molecule has 9 heteroatoms. The number of likely N-dealkylation sites (tertiary alicyclic amines) is 1. The van der Waals surface area contributed by atoms with Gasteiger partial charge in [0.2, 0.25) is 0 Å². The molecule has 0 radical (unpaired) electrons. The van der Waals surface area contributed by atoms with Crippen LogP contribution >= 0.6 is 23.2 Å². The van der Waals surface area contributed by atoms with Crippen LogP contribution in [0.5, 0.6) is 0 Å². The second-order valence-electron chi connectivity index (χ2n) is 13.7. The minimum absolute atomic E-state index is 0.0167. The third-order valence-corrected chi connectivity index (χ3v) is 11.3. The number of urea groups is 1. The predicted octanol–water partition coefficient (Wildman–Crippen LogP) is 7.67. The number of hydrogen-bond acceptors (Lipinski definition) is 4. The minimum atomic E-state index is -0.195. The summed E-state index contributed by atoms with van der Waals surface area (Å²) in [5.74, 6) is 1.71. The number of carbonyl (C=O) groups excluding carboxylic acids is 2. The van der Waals surface area contributed by atoms with Crippen molar-refractivity contribution in [1.82, 2.24) is 15.1 Å². The summed E-state index contributed by atoms with van der Waals surface area (Å²) in [5, 5.41) is 7.17. The molecule has 2 aliphatic heterocycles. The minimum Gasteiger partial charge on any atom is -0.368 e. The van der Waals surface area contributed by atoms with E-state index >= 15 is 0 Å². The van der Waals surface area contributed by atoms with Crippen LogP contribution in [0, 0.1) is 17.3 Å². The molecule has 2 saturated carbocycles. The molecule has 238 valence electrons. The van der Waals surface area contributed by atoms with Gasteiger partial charge < -0.3 is 20.4 Å². The summed E-state index contributed by atoms with van der Waals surface area (Å²) in [7, 11) is 0. The molecule has 2 saturated heterocycles. The van der Waals surface area contributed by atoms with Crippen molar-refractivity contribution in [1.29, 1.82) is 0 Å². The first kappa shape index (κ1) is 31.5. The van der Waals surface area contributed by atoms with Gasteiger partial charge in [-0.2, -0.15) is 0 Å². The Labute approximate surface area is 272 Å². The summed E-state index contributed by atoms with van der Waals surface area (Å²) in [5.41, 5.74) is 3.55. The molecule has 2 aliphatic carbocycles. The fraction of sp³-hybridized carbons (Fsp3) is 0.600. The Hall–Kier alpha value is -2.48. The van der Waals surface area contributed by atoms with Crippen molar-refractivity contribution in [2.75, 3.05) is 56.0 Å². The van der Waals surface area contributed by atoms with Gasteiger partial charge >= 0.3 is 6.03 Å². The van der Waals surface area contributed by atoms with Crippen molar-refractivity contribution in [2.24, 2.45) is 17.3 Å². The zero-order valence-electron chi connectivity index (χ0n) is 26.1. The monoisotopic (exact) mass is 639 g/mol. The average Bonchev–Trinajstić information content (AvgIpc) is 3.54.